The van der Waals surface area contributed by atoms with Gasteiger partial charge >= 0.3 is 0 Å². The molecule has 1 saturated heterocycles. The summed E-state index contributed by atoms with van der Waals surface area (Å²) >= 11 is 0. The number of hydrogen-bond acceptors (Lipinski definition) is 4. The van der Waals surface area contributed by atoms with E-state index in [2.05, 4.69) is 22.1 Å². The molecular formula is C14H22N4O. The fourth-order valence-electron chi connectivity index (χ4n) is 2.39. The van der Waals surface area contributed by atoms with Crippen molar-refractivity contribution in [3.8, 4) is 0 Å². The van der Waals surface area contributed by atoms with Gasteiger partial charge in [0, 0.05) is 37.6 Å². The highest BCUT2D eigenvalue weighted by Crippen LogP contribution is 2.22. The molecule has 1 fully saturated rings. The second kappa shape index (κ2) is 6.02. The molecule has 0 bridgehead atoms. The standard InChI is InChI=1S/C14H22N4O/c1-3-16-14(19)13-8-11(4-6-17-13)18-7-5-12(15)10(2)9-18/h4,6,8,10,12H,3,5,7,9,15H2,1-2H3,(H,16,19). The van der Waals surface area contributed by atoms with Crippen LogP contribution >= 0.6 is 0 Å². The molecule has 2 unspecified atom stereocenters. The Kier molecular flexibility index (Phi) is 4.37. The van der Waals surface area contributed by atoms with Crippen LogP contribution in [0.3, 0.4) is 0 Å². The molecule has 1 amide bonds. The number of hydrogen-bond donors (Lipinski definition) is 2. The Morgan fingerprint density at radius 3 is 3.11 bits per heavy atom. The van der Waals surface area contributed by atoms with Crippen LogP contribution in [-0.2, 0) is 0 Å². The van der Waals surface area contributed by atoms with Crippen molar-refractivity contribution in [2.75, 3.05) is 24.5 Å². The van der Waals surface area contributed by atoms with Gasteiger partial charge in [0.05, 0.1) is 0 Å². The zero-order valence-corrected chi connectivity index (χ0v) is 11.6. The van der Waals surface area contributed by atoms with Crippen LogP contribution in [0, 0.1) is 5.92 Å². The normalized spacial score (nSPS) is 23.2. The second-order valence-electron chi connectivity index (χ2n) is 5.13. The molecule has 5 heteroatoms. The minimum absolute atomic E-state index is 0.119. The van der Waals surface area contributed by atoms with Gasteiger partial charge in [0.1, 0.15) is 5.69 Å². The number of nitrogens with two attached hydrogens (primary N) is 1. The molecule has 3 N–H and O–H groups in total. The van der Waals surface area contributed by atoms with Crippen molar-refractivity contribution < 1.29 is 4.79 Å². The molecule has 5 nitrogen and oxygen atoms in total. The van der Waals surface area contributed by atoms with Gasteiger partial charge in [-0.05, 0) is 31.4 Å². The topological polar surface area (TPSA) is 71.2 Å². The molecular weight excluding hydrogens is 240 g/mol. The first kappa shape index (κ1) is 13.8. The van der Waals surface area contributed by atoms with Gasteiger partial charge in [0.2, 0.25) is 0 Å². The quantitative estimate of drug-likeness (QED) is 0.852. The molecule has 0 aliphatic carbocycles. The highest BCUT2D eigenvalue weighted by Gasteiger charge is 2.23. The van der Waals surface area contributed by atoms with Gasteiger partial charge < -0.3 is 16.0 Å². The molecule has 2 atom stereocenters. The summed E-state index contributed by atoms with van der Waals surface area (Å²) in [6.45, 7) is 6.54. The van der Waals surface area contributed by atoms with Crippen LogP contribution in [-0.4, -0.2) is 36.6 Å². The molecule has 19 heavy (non-hydrogen) atoms. The summed E-state index contributed by atoms with van der Waals surface area (Å²) in [7, 11) is 0. The molecule has 1 aliphatic rings. The fraction of sp³-hybridized carbons (Fsp3) is 0.571. The maximum absolute atomic E-state index is 11.8. The zero-order valence-electron chi connectivity index (χ0n) is 11.6. The van der Waals surface area contributed by atoms with Gasteiger partial charge in [0.25, 0.3) is 5.91 Å². The van der Waals surface area contributed by atoms with Crippen LogP contribution in [0.5, 0.6) is 0 Å². The van der Waals surface area contributed by atoms with Crippen LogP contribution in [0.15, 0.2) is 18.3 Å². The van der Waals surface area contributed by atoms with Crippen LogP contribution in [0.1, 0.15) is 30.8 Å². The van der Waals surface area contributed by atoms with Crippen molar-refractivity contribution >= 4 is 11.6 Å². The molecule has 1 aliphatic heterocycles. The molecule has 1 aromatic heterocycles. The average molecular weight is 262 g/mol. The Bertz CT molecular complexity index is 449. The van der Waals surface area contributed by atoms with Crippen molar-refractivity contribution in [2.24, 2.45) is 11.7 Å². The lowest BCUT2D eigenvalue weighted by atomic mass is 9.94. The number of carbonyl (C=O) groups excluding carboxylic acids is 1. The lowest BCUT2D eigenvalue weighted by Crippen LogP contribution is -2.46. The van der Waals surface area contributed by atoms with Crippen molar-refractivity contribution in [2.45, 2.75) is 26.3 Å². The van der Waals surface area contributed by atoms with Gasteiger partial charge in [-0.2, -0.15) is 0 Å². The van der Waals surface area contributed by atoms with E-state index in [1.807, 2.05) is 19.1 Å². The zero-order chi connectivity index (χ0) is 13.8. The number of nitrogens with one attached hydrogen (secondary N) is 1. The highest BCUT2D eigenvalue weighted by atomic mass is 16.1. The molecule has 104 valence electrons. The van der Waals surface area contributed by atoms with E-state index in [9.17, 15) is 4.79 Å². The smallest absolute Gasteiger partial charge is 0.269 e. The Labute approximate surface area is 114 Å². The maximum Gasteiger partial charge on any atom is 0.269 e. The lowest BCUT2D eigenvalue weighted by Gasteiger charge is -2.36. The number of carbonyl (C=O) groups is 1. The second-order valence-corrected chi connectivity index (χ2v) is 5.13. The molecule has 1 aromatic rings. The van der Waals surface area contributed by atoms with Gasteiger partial charge in [-0.1, -0.05) is 6.92 Å². The number of pyridine rings is 1. The fourth-order valence-corrected chi connectivity index (χ4v) is 2.39. The van der Waals surface area contributed by atoms with E-state index < -0.39 is 0 Å². The van der Waals surface area contributed by atoms with Crippen LogP contribution in [0.2, 0.25) is 0 Å². The molecule has 2 rings (SSSR count). The first-order valence-corrected chi connectivity index (χ1v) is 6.86. The maximum atomic E-state index is 11.8. The number of aromatic nitrogens is 1. The summed E-state index contributed by atoms with van der Waals surface area (Å²) in [4.78, 5) is 18.2. The van der Waals surface area contributed by atoms with Crippen molar-refractivity contribution in [3.05, 3.63) is 24.0 Å². The van der Waals surface area contributed by atoms with Crippen LogP contribution in [0.4, 0.5) is 5.69 Å². The lowest BCUT2D eigenvalue weighted by molar-refractivity contribution is 0.0951. The van der Waals surface area contributed by atoms with Gasteiger partial charge in [-0.3, -0.25) is 9.78 Å². The van der Waals surface area contributed by atoms with E-state index in [4.69, 9.17) is 5.73 Å². The van der Waals surface area contributed by atoms with E-state index in [1.165, 1.54) is 0 Å². The minimum atomic E-state index is -0.119. The third kappa shape index (κ3) is 3.23. The van der Waals surface area contributed by atoms with Gasteiger partial charge in [0.15, 0.2) is 0 Å². The number of piperidine rings is 1. The minimum Gasteiger partial charge on any atom is -0.371 e. The summed E-state index contributed by atoms with van der Waals surface area (Å²) in [5, 5.41) is 2.77. The first-order chi connectivity index (χ1) is 9.11. The Morgan fingerprint density at radius 1 is 1.63 bits per heavy atom. The third-order valence-corrected chi connectivity index (χ3v) is 3.65. The van der Waals surface area contributed by atoms with Crippen LogP contribution in [0.25, 0.3) is 0 Å². The van der Waals surface area contributed by atoms with E-state index in [1.54, 1.807) is 6.20 Å². The monoisotopic (exact) mass is 262 g/mol. The molecule has 0 spiro atoms. The molecule has 0 radical (unpaired) electrons. The van der Waals surface area contributed by atoms with E-state index in [-0.39, 0.29) is 11.9 Å². The summed E-state index contributed by atoms with van der Waals surface area (Å²) in [6, 6.07) is 4.09. The highest BCUT2D eigenvalue weighted by molar-refractivity contribution is 5.93. The van der Waals surface area contributed by atoms with Gasteiger partial charge in [-0.25, -0.2) is 0 Å². The Morgan fingerprint density at radius 2 is 2.42 bits per heavy atom. The molecule has 2 heterocycles. The number of nitrogens with zero attached hydrogens (tertiary/aromatic N) is 2. The van der Waals surface area contributed by atoms with E-state index in [0.717, 1.165) is 25.2 Å². The molecule has 0 saturated carbocycles. The predicted octanol–water partition coefficient (Wildman–Crippen LogP) is 1.00. The Hall–Kier alpha value is -1.62. The first-order valence-electron chi connectivity index (χ1n) is 6.86. The summed E-state index contributed by atoms with van der Waals surface area (Å²) < 4.78 is 0. The van der Waals surface area contributed by atoms with Crippen molar-refractivity contribution in [1.29, 1.82) is 0 Å². The van der Waals surface area contributed by atoms with Gasteiger partial charge in [-0.15, -0.1) is 0 Å². The van der Waals surface area contributed by atoms with Crippen molar-refractivity contribution in [3.63, 3.8) is 0 Å². The summed E-state index contributed by atoms with van der Waals surface area (Å²) in [6.07, 6.45) is 2.68. The average Bonchev–Trinajstić information content (AvgIpc) is 2.42. The third-order valence-electron chi connectivity index (χ3n) is 3.65. The Balaban J connectivity index is 2.12. The van der Waals surface area contributed by atoms with E-state index in [0.29, 0.717) is 18.2 Å². The number of anilines is 1. The largest absolute Gasteiger partial charge is 0.371 e. The summed E-state index contributed by atoms with van der Waals surface area (Å²) in [5.74, 6) is 0.348. The van der Waals surface area contributed by atoms with Crippen LogP contribution < -0.4 is 16.0 Å². The van der Waals surface area contributed by atoms with Crippen molar-refractivity contribution in [1.82, 2.24) is 10.3 Å². The number of rotatable bonds is 3. The number of amides is 1. The molecule has 0 aromatic carbocycles. The SMILES string of the molecule is CCNC(=O)c1cc(N2CCC(N)C(C)C2)ccn1. The summed E-state index contributed by atoms with van der Waals surface area (Å²) in [5.41, 5.74) is 7.56. The van der Waals surface area contributed by atoms with E-state index >= 15 is 0 Å². The predicted molar refractivity (Wildman–Crippen MR) is 76.2 cm³/mol.